The first-order valence-electron chi connectivity index (χ1n) is 14.2. The van der Waals surface area contributed by atoms with Crippen LogP contribution in [0.15, 0.2) is 66.9 Å². The molecule has 0 radical (unpaired) electrons. The highest BCUT2D eigenvalue weighted by Crippen LogP contribution is 2.35. The summed E-state index contributed by atoms with van der Waals surface area (Å²) in [6.07, 6.45) is 6.72. The van der Waals surface area contributed by atoms with Crippen LogP contribution in [-0.4, -0.2) is 43.0 Å². The van der Waals surface area contributed by atoms with E-state index in [4.69, 9.17) is 9.47 Å². The van der Waals surface area contributed by atoms with Gasteiger partial charge in [-0.25, -0.2) is 9.37 Å². The van der Waals surface area contributed by atoms with Crippen LogP contribution in [-0.2, 0) is 14.4 Å². The van der Waals surface area contributed by atoms with Crippen LogP contribution in [0.2, 0.25) is 0 Å². The smallest absolute Gasteiger partial charge is 0.248 e. The van der Waals surface area contributed by atoms with E-state index >= 15 is 0 Å². The van der Waals surface area contributed by atoms with Crippen molar-refractivity contribution in [3.05, 3.63) is 78.2 Å². The number of amides is 3. The number of aromatic nitrogens is 1. The van der Waals surface area contributed by atoms with Crippen LogP contribution in [0.1, 0.15) is 63.0 Å². The van der Waals surface area contributed by atoms with E-state index in [2.05, 4.69) is 15.6 Å². The largest absolute Gasteiger partial charge is 0.497 e. The van der Waals surface area contributed by atoms with Crippen molar-refractivity contribution in [2.24, 2.45) is 0 Å². The highest BCUT2D eigenvalue weighted by Gasteiger charge is 2.34. The van der Waals surface area contributed by atoms with Crippen molar-refractivity contribution < 1.29 is 28.2 Å². The second-order valence-electron chi connectivity index (χ2n) is 10.2. The van der Waals surface area contributed by atoms with Crippen LogP contribution in [0, 0.1) is 5.82 Å². The minimum Gasteiger partial charge on any atom is -0.497 e. The number of rotatable bonds is 12. The van der Waals surface area contributed by atoms with Crippen LogP contribution >= 0.6 is 0 Å². The predicted molar refractivity (Wildman–Crippen MR) is 158 cm³/mol. The molecule has 3 aromatic rings. The number of pyridine rings is 1. The summed E-state index contributed by atoms with van der Waals surface area (Å²) in [5.74, 6) is -0.189. The topological polar surface area (TPSA) is 110 Å². The summed E-state index contributed by atoms with van der Waals surface area (Å²) in [6.45, 7) is 0. The van der Waals surface area contributed by atoms with Crippen LogP contribution in [0.3, 0.4) is 0 Å². The molecule has 1 atom stereocenters. The normalized spacial score (nSPS) is 14.0. The van der Waals surface area contributed by atoms with E-state index in [0.29, 0.717) is 28.6 Å². The zero-order valence-electron chi connectivity index (χ0n) is 24.0. The first-order valence-corrected chi connectivity index (χ1v) is 14.2. The molecule has 0 aliphatic heterocycles. The Labute approximate surface area is 245 Å². The highest BCUT2D eigenvalue weighted by molar-refractivity contribution is 6.02. The van der Waals surface area contributed by atoms with Gasteiger partial charge in [0.25, 0.3) is 0 Å². The lowest BCUT2D eigenvalue weighted by molar-refractivity contribution is -0.127. The number of nitrogens with zero attached hydrogens (tertiary/aromatic N) is 2. The van der Waals surface area contributed by atoms with Gasteiger partial charge >= 0.3 is 0 Å². The summed E-state index contributed by atoms with van der Waals surface area (Å²) in [4.78, 5) is 46.0. The van der Waals surface area contributed by atoms with Gasteiger partial charge in [-0.1, -0.05) is 37.5 Å². The summed E-state index contributed by atoms with van der Waals surface area (Å²) < 4.78 is 24.9. The minimum absolute atomic E-state index is 0.0127. The maximum absolute atomic E-state index is 14.0. The van der Waals surface area contributed by atoms with Crippen molar-refractivity contribution in [3.8, 4) is 11.5 Å². The number of halogens is 1. The molecular weight excluding hydrogens is 539 g/mol. The van der Waals surface area contributed by atoms with Gasteiger partial charge in [0, 0.05) is 43.3 Å². The molecule has 0 unspecified atom stereocenters. The van der Waals surface area contributed by atoms with Gasteiger partial charge in [-0.2, -0.15) is 0 Å². The Morgan fingerprint density at radius 2 is 1.64 bits per heavy atom. The Balaban J connectivity index is 1.64. The second kappa shape index (κ2) is 15.0. The minimum atomic E-state index is -1.10. The van der Waals surface area contributed by atoms with Crippen LogP contribution < -0.4 is 25.0 Å². The number of carbonyl (C=O) groups excluding carboxylic acids is 3. The van der Waals surface area contributed by atoms with E-state index < -0.39 is 11.9 Å². The molecular formula is C32H37FN4O5. The van der Waals surface area contributed by atoms with Gasteiger partial charge in [0.1, 0.15) is 29.2 Å². The molecule has 1 fully saturated rings. The van der Waals surface area contributed by atoms with Gasteiger partial charge in [-0.05, 0) is 49.1 Å². The lowest BCUT2D eigenvalue weighted by Crippen LogP contribution is -2.47. The Morgan fingerprint density at radius 3 is 2.26 bits per heavy atom. The quantitative estimate of drug-likeness (QED) is 0.292. The average Bonchev–Trinajstić information content (AvgIpc) is 3.01. The molecule has 4 rings (SSSR count). The average molecular weight is 577 g/mol. The number of benzene rings is 2. The van der Waals surface area contributed by atoms with Crippen molar-refractivity contribution in [2.75, 3.05) is 24.4 Å². The molecule has 2 N–H and O–H groups in total. The second-order valence-corrected chi connectivity index (χ2v) is 10.2. The van der Waals surface area contributed by atoms with E-state index in [0.717, 1.165) is 32.1 Å². The van der Waals surface area contributed by atoms with Gasteiger partial charge in [0.15, 0.2) is 0 Å². The zero-order valence-corrected chi connectivity index (χ0v) is 24.0. The third-order valence-electron chi connectivity index (χ3n) is 7.25. The Hall–Kier alpha value is -4.47. The summed E-state index contributed by atoms with van der Waals surface area (Å²) in [7, 11) is 3.00. The third kappa shape index (κ3) is 8.28. The first kappa shape index (κ1) is 30.5. The van der Waals surface area contributed by atoms with Crippen molar-refractivity contribution in [1.82, 2.24) is 10.3 Å². The van der Waals surface area contributed by atoms with E-state index in [1.807, 2.05) is 0 Å². The third-order valence-corrected chi connectivity index (χ3v) is 7.25. The Bertz CT molecular complexity index is 1320. The zero-order chi connectivity index (χ0) is 29.9. The molecule has 1 aliphatic rings. The van der Waals surface area contributed by atoms with E-state index in [1.165, 1.54) is 43.4 Å². The van der Waals surface area contributed by atoms with Gasteiger partial charge < -0.3 is 20.1 Å². The molecule has 9 nitrogen and oxygen atoms in total. The molecule has 1 heterocycles. The summed E-state index contributed by atoms with van der Waals surface area (Å²) in [6, 6.07) is 14.6. The lowest BCUT2D eigenvalue weighted by atomic mass is 9.94. The number of carbonyl (C=O) groups is 3. The molecule has 1 aromatic heterocycles. The molecule has 1 saturated carbocycles. The molecule has 3 amide bonds. The molecule has 1 aliphatic carbocycles. The SMILES string of the molecule is COc1cc(OC)cc(N(C(=O)CCCC(=O)Nc2ccccn2)[C@H](C(=O)NC2CCCCC2)c2ccc(F)cc2)c1. The van der Waals surface area contributed by atoms with E-state index in [-0.39, 0.29) is 43.0 Å². The first-order chi connectivity index (χ1) is 20.4. The van der Waals surface area contributed by atoms with Crippen LogP contribution in [0.25, 0.3) is 0 Å². The highest BCUT2D eigenvalue weighted by atomic mass is 19.1. The predicted octanol–water partition coefficient (Wildman–Crippen LogP) is 5.57. The van der Waals surface area contributed by atoms with Gasteiger partial charge in [0.05, 0.1) is 19.9 Å². The van der Waals surface area contributed by atoms with Crippen molar-refractivity contribution in [2.45, 2.75) is 63.5 Å². The standard InChI is InChI=1S/C32H37FN4O5/c1-41-26-19-25(20-27(21-26)42-2)37(30(39)13-8-12-29(38)36-28-11-6-7-18-34-28)31(22-14-16-23(33)17-15-22)32(40)35-24-9-4-3-5-10-24/h6-7,11,14-21,24,31H,3-5,8-10,12-13H2,1-2H3,(H,35,40)(H,34,36,38)/t31-/m0/s1. The summed E-state index contributed by atoms with van der Waals surface area (Å²) in [5, 5.41) is 5.85. The monoisotopic (exact) mass is 576 g/mol. The number of hydrogen-bond acceptors (Lipinski definition) is 6. The number of anilines is 2. The number of ether oxygens (including phenoxy) is 2. The van der Waals surface area contributed by atoms with Gasteiger partial charge in [0.2, 0.25) is 17.7 Å². The molecule has 2 aromatic carbocycles. The fourth-order valence-electron chi connectivity index (χ4n) is 5.12. The molecule has 222 valence electrons. The maximum atomic E-state index is 14.0. The Kier molecular flexibility index (Phi) is 10.9. The van der Waals surface area contributed by atoms with Crippen molar-refractivity contribution in [3.63, 3.8) is 0 Å². The fraction of sp³-hybridized carbons (Fsp3) is 0.375. The summed E-state index contributed by atoms with van der Waals surface area (Å²) in [5.41, 5.74) is 0.829. The molecule has 0 saturated heterocycles. The summed E-state index contributed by atoms with van der Waals surface area (Å²) >= 11 is 0. The number of nitrogens with one attached hydrogen (secondary N) is 2. The maximum Gasteiger partial charge on any atom is 0.248 e. The number of hydrogen-bond donors (Lipinski definition) is 2. The van der Waals surface area contributed by atoms with Crippen LogP contribution in [0.4, 0.5) is 15.9 Å². The van der Waals surface area contributed by atoms with E-state index in [1.54, 1.807) is 42.6 Å². The van der Waals surface area contributed by atoms with E-state index in [9.17, 15) is 18.8 Å². The number of methoxy groups -OCH3 is 2. The molecule has 42 heavy (non-hydrogen) atoms. The Morgan fingerprint density at radius 1 is 0.952 bits per heavy atom. The lowest BCUT2D eigenvalue weighted by Gasteiger charge is -2.34. The van der Waals surface area contributed by atoms with Crippen molar-refractivity contribution in [1.29, 1.82) is 0 Å². The molecule has 10 heteroatoms. The van der Waals surface area contributed by atoms with Crippen molar-refractivity contribution >= 4 is 29.2 Å². The molecule has 0 bridgehead atoms. The van der Waals surface area contributed by atoms with Gasteiger partial charge in [-0.15, -0.1) is 0 Å². The van der Waals surface area contributed by atoms with Gasteiger partial charge in [-0.3, -0.25) is 19.3 Å². The molecule has 0 spiro atoms. The fourth-order valence-corrected chi connectivity index (χ4v) is 5.12. The van der Waals surface area contributed by atoms with Crippen LogP contribution in [0.5, 0.6) is 11.5 Å².